The molecule has 1 unspecified atom stereocenters. The maximum absolute atomic E-state index is 12.5. The van der Waals surface area contributed by atoms with Crippen LogP contribution in [0.2, 0.25) is 0 Å². The summed E-state index contributed by atoms with van der Waals surface area (Å²) in [6, 6.07) is 11.0. The summed E-state index contributed by atoms with van der Waals surface area (Å²) in [5.74, 6) is 0. The number of pyridine rings is 1. The lowest BCUT2D eigenvalue weighted by molar-refractivity contribution is 0.0523. The van der Waals surface area contributed by atoms with Crippen molar-refractivity contribution in [3.05, 3.63) is 48.3 Å². The number of rotatable bonds is 6. The smallest absolute Gasteiger partial charge is 0.407 e. The average molecular weight is 436 g/mol. The molecule has 2 N–H and O–H groups in total. The van der Waals surface area contributed by atoms with Gasteiger partial charge in [0.15, 0.2) is 0 Å². The average Bonchev–Trinajstić information content (AvgIpc) is 2.71. The predicted octanol–water partition coefficient (Wildman–Crippen LogP) is 4.25. The van der Waals surface area contributed by atoms with Crippen molar-refractivity contribution in [3.63, 3.8) is 0 Å². The number of nitrogens with zero attached hydrogens (tertiary/aromatic N) is 2. The summed E-state index contributed by atoms with van der Waals surface area (Å²) in [5.41, 5.74) is 2.01. The zero-order valence-corrected chi connectivity index (χ0v) is 19.5. The number of benzene rings is 1. The first-order chi connectivity index (χ1) is 14.1. The molecule has 0 aliphatic carbocycles. The van der Waals surface area contributed by atoms with E-state index in [2.05, 4.69) is 14.7 Å². The van der Waals surface area contributed by atoms with Crippen molar-refractivity contribution in [2.24, 2.45) is 4.36 Å². The first-order valence-corrected chi connectivity index (χ1v) is 11.8. The molecule has 1 aromatic carbocycles. The van der Waals surface area contributed by atoms with Gasteiger partial charge in [-0.2, -0.15) is 0 Å². The van der Waals surface area contributed by atoms with Crippen LogP contribution in [0.4, 0.5) is 4.79 Å². The molecule has 0 fully saturated rings. The topological polar surface area (TPSA) is 101 Å². The number of ether oxygens (including phenoxy) is 1. The van der Waals surface area contributed by atoms with Crippen LogP contribution in [0.25, 0.3) is 11.1 Å². The van der Waals surface area contributed by atoms with Gasteiger partial charge in [-0.05, 0) is 44.5 Å². The lowest BCUT2D eigenvalue weighted by Crippen LogP contribution is -2.32. The van der Waals surface area contributed by atoms with E-state index in [4.69, 9.17) is 9.84 Å². The molecule has 2 aromatic rings. The highest BCUT2D eigenvalue weighted by atomic mass is 32.2. The van der Waals surface area contributed by atoms with Crippen LogP contribution in [0.15, 0.2) is 51.9 Å². The van der Waals surface area contributed by atoms with Gasteiger partial charge in [-0.1, -0.05) is 32.0 Å². The first kappa shape index (κ1) is 25.6. The molecule has 1 heterocycles. The molecule has 1 amide bonds. The molecule has 0 aliphatic heterocycles. The third kappa shape index (κ3) is 8.51. The minimum absolute atomic E-state index is 0.121. The number of amides is 1. The van der Waals surface area contributed by atoms with Gasteiger partial charge >= 0.3 is 6.09 Å². The normalized spacial score (nSPS) is 12.8. The largest absolute Gasteiger partial charge is 0.444 e. The maximum Gasteiger partial charge on any atom is 0.407 e. The van der Waals surface area contributed by atoms with Crippen molar-refractivity contribution in [3.8, 4) is 11.1 Å². The molecule has 0 bridgehead atoms. The van der Waals surface area contributed by atoms with Gasteiger partial charge in [0.25, 0.3) is 0 Å². The van der Waals surface area contributed by atoms with E-state index in [1.165, 1.54) is 0 Å². The first-order valence-electron chi connectivity index (χ1n) is 9.92. The summed E-state index contributed by atoms with van der Waals surface area (Å²) in [7, 11) is -2.51. The number of nitrogens with one attached hydrogen (secondary N) is 1. The molecule has 0 saturated carbocycles. The predicted molar refractivity (Wildman–Crippen MR) is 121 cm³/mol. The van der Waals surface area contributed by atoms with Crippen molar-refractivity contribution < 1.29 is 18.8 Å². The molecule has 1 aromatic heterocycles. The number of hydrogen-bond acceptors (Lipinski definition) is 6. The Kier molecular flexibility index (Phi) is 9.95. The van der Waals surface area contributed by atoms with Crippen molar-refractivity contribution in [2.45, 2.75) is 51.7 Å². The van der Waals surface area contributed by atoms with Crippen molar-refractivity contribution in [1.29, 1.82) is 0 Å². The number of aliphatic hydroxyl groups is 1. The number of aromatic nitrogens is 1. The summed E-state index contributed by atoms with van der Waals surface area (Å²) in [4.78, 5) is 16.7. The molecule has 1 atom stereocenters. The van der Waals surface area contributed by atoms with Crippen LogP contribution in [0, 0.1) is 0 Å². The molecule has 8 heteroatoms. The molecular weight excluding hydrogens is 402 g/mol. The molecule has 30 heavy (non-hydrogen) atoms. The second-order valence-electron chi connectivity index (χ2n) is 7.30. The zero-order valence-electron chi connectivity index (χ0n) is 18.6. The molecule has 0 aliphatic rings. The van der Waals surface area contributed by atoms with Crippen LogP contribution in [0.1, 0.15) is 40.3 Å². The highest BCUT2D eigenvalue weighted by Crippen LogP contribution is 2.21. The van der Waals surface area contributed by atoms with E-state index in [0.717, 1.165) is 11.1 Å². The van der Waals surface area contributed by atoms with Crippen molar-refractivity contribution in [1.82, 2.24) is 10.3 Å². The molecular formula is C22H33N3O4S. The highest BCUT2D eigenvalue weighted by molar-refractivity contribution is 7.93. The molecule has 2 rings (SSSR count). The summed E-state index contributed by atoms with van der Waals surface area (Å²) >= 11 is 0. The highest BCUT2D eigenvalue weighted by Gasteiger charge is 2.15. The lowest BCUT2D eigenvalue weighted by Gasteiger charge is -2.19. The van der Waals surface area contributed by atoms with E-state index in [-0.39, 0.29) is 19.7 Å². The monoisotopic (exact) mass is 435 g/mol. The standard InChI is InChI=1S/C20H27N3O4S.C2H6/c1-20(2,3)27-19(25)22-14-17-8-5-16(13-21-17)15-6-9-18(10-7-15)28(4,26)23-11-12-24;1-2/h5-10,13,24H,11-12,14H2,1-4H3,(H,22,25);1-2H3. The van der Waals surface area contributed by atoms with Crippen molar-refractivity contribution in [2.75, 3.05) is 19.4 Å². The summed E-state index contributed by atoms with van der Waals surface area (Å²) in [5, 5.41) is 11.5. The Labute approximate surface area is 180 Å². The summed E-state index contributed by atoms with van der Waals surface area (Å²) in [6.45, 7) is 9.73. The Morgan fingerprint density at radius 1 is 1.13 bits per heavy atom. The Morgan fingerprint density at radius 3 is 2.23 bits per heavy atom. The molecule has 166 valence electrons. The van der Waals surface area contributed by atoms with Gasteiger partial charge in [0.05, 0.1) is 35.1 Å². The fourth-order valence-electron chi connectivity index (χ4n) is 2.37. The number of aliphatic hydroxyl groups excluding tert-OH is 1. The van der Waals surface area contributed by atoms with Crippen LogP contribution in [-0.4, -0.2) is 45.4 Å². The van der Waals surface area contributed by atoms with Crippen LogP contribution in [0.5, 0.6) is 0 Å². The Bertz CT molecular complexity index is 911. The summed E-state index contributed by atoms with van der Waals surface area (Å²) in [6.07, 6.45) is 2.80. The van der Waals surface area contributed by atoms with E-state index < -0.39 is 21.4 Å². The number of carbonyl (C=O) groups is 1. The second kappa shape index (κ2) is 11.7. The van der Waals surface area contributed by atoms with Gasteiger partial charge in [0, 0.05) is 22.9 Å². The second-order valence-corrected chi connectivity index (χ2v) is 9.63. The van der Waals surface area contributed by atoms with E-state index >= 15 is 0 Å². The third-order valence-corrected chi connectivity index (χ3v) is 5.52. The molecule has 7 nitrogen and oxygen atoms in total. The lowest BCUT2D eigenvalue weighted by atomic mass is 10.1. The van der Waals surface area contributed by atoms with Gasteiger partial charge in [0.1, 0.15) is 5.60 Å². The van der Waals surface area contributed by atoms with E-state index in [1.54, 1.807) is 24.6 Å². The third-order valence-electron chi connectivity index (χ3n) is 3.70. The van der Waals surface area contributed by atoms with Gasteiger partial charge in [-0.25, -0.2) is 13.4 Å². The van der Waals surface area contributed by atoms with Crippen LogP contribution < -0.4 is 5.32 Å². The van der Waals surface area contributed by atoms with E-state index in [0.29, 0.717) is 10.6 Å². The van der Waals surface area contributed by atoms with E-state index in [1.807, 2.05) is 58.9 Å². The quantitative estimate of drug-likeness (QED) is 0.706. The van der Waals surface area contributed by atoms with Crippen molar-refractivity contribution >= 4 is 15.8 Å². The van der Waals surface area contributed by atoms with Gasteiger partial charge in [0.2, 0.25) is 0 Å². The maximum atomic E-state index is 12.5. The van der Waals surface area contributed by atoms with Gasteiger partial charge in [-0.3, -0.25) is 4.98 Å². The number of hydrogen-bond donors (Lipinski definition) is 2. The Balaban J connectivity index is 0.00000218. The van der Waals surface area contributed by atoms with Gasteiger partial charge < -0.3 is 15.2 Å². The number of carbonyl (C=O) groups excluding carboxylic acids is 1. The fraction of sp³-hybridized carbons (Fsp3) is 0.455. The van der Waals surface area contributed by atoms with Crippen LogP contribution >= 0.6 is 0 Å². The zero-order chi connectivity index (χ0) is 22.8. The Morgan fingerprint density at radius 2 is 1.73 bits per heavy atom. The SMILES string of the molecule is CC.CC(C)(C)OC(=O)NCc1ccc(-c2ccc(S(C)(=O)=NCCO)cc2)cn1. The minimum Gasteiger partial charge on any atom is -0.444 e. The number of alkyl carbamates (subject to hydrolysis) is 1. The van der Waals surface area contributed by atoms with Crippen LogP contribution in [0.3, 0.4) is 0 Å². The minimum atomic E-state index is -2.51. The molecule has 0 radical (unpaired) electrons. The molecule has 0 spiro atoms. The fourth-order valence-corrected chi connectivity index (χ4v) is 3.59. The summed E-state index contributed by atoms with van der Waals surface area (Å²) < 4.78 is 21.7. The molecule has 0 saturated heterocycles. The van der Waals surface area contributed by atoms with Crippen LogP contribution in [-0.2, 0) is 21.0 Å². The van der Waals surface area contributed by atoms with Gasteiger partial charge in [-0.15, -0.1) is 0 Å². The Hall–Kier alpha value is -2.45. The van der Waals surface area contributed by atoms with E-state index in [9.17, 15) is 9.00 Å².